The SMILES string of the molecule is COc1cc(C(C)C)c(C)c(OC)c1C1CC1. The molecular formula is C15H22O2. The van der Waals surface area contributed by atoms with Crippen LogP contribution in [0.15, 0.2) is 6.07 Å². The molecule has 0 heterocycles. The van der Waals surface area contributed by atoms with Gasteiger partial charge in [-0.2, -0.15) is 0 Å². The standard InChI is InChI=1S/C15H22O2/c1-9(2)12-8-13(16-4)14(11-6-7-11)15(17-5)10(12)3/h8-9,11H,6-7H2,1-5H3. The third-order valence-corrected chi connectivity index (χ3v) is 3.60. The van der Waals surface area contributed by atoms with Gasteiger partial charge in [-0.3, -0.25) is 0 Å². The molecule has 0 unspecified atom stereocenters. The summed E-state index contributed by atoms with van der Waals surface area (Å²) in [6, 6.07) is 2.19. The molecule has 1 aliphatic rings. The molecule has 94 valence electrons. The molecule has 0 spiro atoms. The van der Waals surface area contributed by atoms with E-state index in [4.69, 9.17) is 9.47 Å². The maximum absolute atomic E-state index is 5.63. The largest absolute Gasteiger partial charge is 0.496 e. The van der Waals surface area contributed by atoms with Crippen LogP contribution in [-0.4, -0.2) is 14.2 Å². The van der Waals surface area contributed by atoms with Gasteiger partial charge in [0.25, 0.3) is 0 Å². The predicted octanol–water partition coefficient (Wildman–Crippen LogP) is 4.01. The van der Waals surface area contributed by atoms with Gasteiger partial charge in [0.1, 0.15) is 11.5 Å². The van der Waals surface area contributed by atoms with Gasteiger partial charge in [-0.25, -0.2) is 0 Å². The van der Waals surface area contributed by atoms with Crippen molar-refractivity contribution in [3.05, 3.63) is 22.8 Å². The fourth-order valence-corrected chi connectivity index (χ4v) is 2.56. The van der Waals surface area contributed by atoms with Gasteiger partial charge in [-0.05, 0) is 48.8 Å². The lowest BCUT2D eigenvalue weighted by Crippen LogP contribution is -2.02. The summed E-state index contributed by atoms with van der Waals surface area (Å²) < 4.78 is 11.2. The highest BCUT2D eigenvalue weighted by molar-refractivity contribution is 5.57. The highest BCUT2D eigenvalue weighted by Crippen LogP contribution is 2.51. The molecule has 2 heteroatoms. The number of rotatable bonds is 4. The summed E-state index contributed by atoms with van der Waals surface area (Å²) in [5, 5.41) is 0. The van der Waals surface area contributed by atoms with Gasteiger partial charge in [0.15, 0.2) is 0 Å². The van der Waals surface area contributed by atoms with Crippen molar-refractivity contribution in [1.82, 2.24) is 0 Å². The molecule has 0 saturated heterocycles. The van der Waals surface area contributed by atoms with Crippen LogP contribution in [-0.2, 0) is 0 Å². The number of benzene rings is 1. The normalized spacial score (nSPS) is 15.2. The van der Waals surface area contributed by atoms with E-state index >= 15 is 0 Å². The van der Waals surface area contributed by atoms with Gasteiger partial charge in [-0.15, -0.1) is 0 Å². The quantitative estimate of drug-likeness (QED) is 0.783. The Kier molecular flexibility index (Phi) is 3.32. The first-order valence-corrected chi connectivity index (χ1v) is 6.35. The molecular weight excluding hydrogens is 212 g/mol. The van der Waals surface area contributed by atoms with Gasteiger partial charge in [0.2, 0.25) is 0 Å². The number of ether oxygens (including phenoxy) is 2. The van der Waals surface area contributed by atoms with E-state index in [2.05, 4.69) is 26.8 Å². The van der Waals surface area contributed by atoms with Crippen LogP contribution in [0.25, 0.3) is 0 Å². The summed E-state index contributed by atoms with van der Waals surface area (Å²) in [5.74, 6) is 3.17. The van der Waals surface area contributed by atoms with Crippen LogP contribution in [0.1, 0.15) is 55.2 Å². The molecule has 0 radical (unpaired) electrons. The average Bonchev–Trinajstić information content (AvgIpc) is 3.11. The molecule has 0 N–H and O–H groups in total. The first-order valence-electron chi connectivity index (χ1n) is 6.35. The van der Waals surface area contributed by atoms with E-state index in [1.807, 2.05) is 0 Å². The Labute approximate surface area is 104 Å². The Morgan fingerprint density at radius 1 is 1.18 bits per heavy atom. The number of hydrogen-bond donors (Lipinski definition) is 0. The first kappa shape index (κ1) is 12.3. The molecule has 0 aromatic heterocycles. The average molecular weight is 234 g/mol. The minimum absolute atomic E-state index is 0.492. The van der Waals surface area contributed by atoms with E-state index < -0.39 is 0 Å². The molecule has 1 aromatic rings. The fraction of sp³-hybridized carbons (Fsp3) is 0.600. The second kappa shape index (κ2) is 4.59. The minimum Gasteiger partial charge on any atom is -0.496 e. The fourth-order valence-electron chi connectivity index (χ4n) is 2.56. The lowest BCUT2D eigenvalue weighted by atomic mass is 9.92. The summed E-state index contributed by atoms with van der Waals surface area (Å²) in [6.07, 6.45) is 2.51. The molecule has 2 rings (SSSR count). The van der Waals surface area contributed by atoms with Crippen molar-refractivity contribution in [2.75, 3.05) is 14.2 Å². The van der Waals surface area contributed by atoms with Crippen LogP contribution >= 0.6 is 0 Å². The lowest BCUT2D eigenvalue weighted by molar-refractivity contribution is 0.382. The van der Waals surface area contributed by atoms with Gasteiger partial charge in [0.05, 0.1) is 14.2 Å². The van der Waals surface area contributed by atoms with Gasteiger partial charge < -0.3 is 9.47 Å². The summed E-state index contributed by atoms with van der Waals surface area (Å²) in [7, 11) is 3.51. The molecule has 0 aliphatic heterocycles. The molecule has 1 saturated carbocycles. The van der Waals surface area contributed by atoms with E-state index in [0.717, 1.165) is 11.5 Å². The summed E-state index contributed by atoms with van der Waals surface area (Å²) in [6.45, 7) is 6.56. The topological polar surface area (TPSA) is 18.5 Å². The third-order valence-electron chi connectivity index (χ3n) is 3.60. The maximum Gasteiger partial charge on any atom is 0.129 e. The van der Waals surface area contributed by atoms with Gasteiger partial charge in [0, 0.05) is 5.56 Å². The number of methoxy groups -OCH3 is 2. The first-order chi connectivity index (χ1) is 8.10. The van der Waals surface area contributed by atoms with E-state index in [-0.39, 0.29) is 0 Å². The van der Waals surface area contributed by atoms with Crippen LogP contribution in [0.4, 0.5) is 0 Å². The maximum atomic E-state index is 5.63. The molecule has 1 aromatic carbocycles. The second-order valence-corrected chi connectivity index (χ2v) is 5.17. The molecule has 1 fully saturated rings. The monoisotopic (exact) mass is 234 g/mol. The van der Waals surface area contributed by atoms with Crippen molar-refractivity contribution in [2.24, 2.45) is 0 Å². The Morgan fingerprint density at radius 2 is 1.82 bits per heavy atom. The van der Waals surface area contributed by atoms with E-state index in [9.17, 15) is 0 Å². The molecule has 0 atom stereocenters. The minimum atomic E-state index is 0.492. The van der Waals surface area contributed by atoms with Crippen molar-refractivity contribution in [1.29, 1.82) is 0 Å². The molecule has 1 aliphatic carbocycles. The highest BCUT2D eigenvalue weighted by Gasteiger charge is 2.32. The van der Waals surface area contributed by atoms with E-state index in [1.165, 1.54) is 29.5 Å². The molecule has 17 heavy (non-hydrogen) atoms. The lowest BCUT2D eigenvalue weighted by Gasteiger charge is -2.20. The van der Waals surface area contributed by atoms with Crippen LogP contribution in [0.3, 0.4) is 0 Å². The Hall–Kier alpha value is -1.18. The third kappa shape index (κ3) is 2.13. The molecule has 2 nitrogen and oxygen atoms in total. The van der Waals surface area contributed by atoms with E-state index in [0.29, 0.717) is 11.8 Å². The van der Waals surface area contributed by atoms with Crippen molar-refractivity contribution in [3.8, 4) is 11.5 Å². The van der Waals surface area contributed by atoms with Crippen LogP contribution in [0.5, 0.6) is 11.5 Å². The van der Waals surface area contributed by atoms with Crippen molar-refractivity contribution >= 4 is 0 Å². The predicted molar refractivity (Wildman–Crippen MR) is 70.3 cm³/mol. The van der Waals surface area contributed by atoms with Crippen LogP contribution < -0.4 is 9.47 Å². The van der Waals surface area contributed by atoms with Crippen LogP contribution in [0.2, 0.25) is 0 Å². The smallest absolute Gasteiger partial charge is 0.129 e. The van der Waals surface area contributed by atoms with Crippen molar-refractivity contribution in [2.45, 2.75) is 45.4 Å². The Bertz CT molecular complexity index is 417. The summed E-state index contributed by atoms with van der Waals surface area (Å²) in [4.78, 5) is 0. The van der Waals surface area contributed by atoms with Crippen molar-refractivity contribution in [3.63, 3.8) is 0 Å². The zero-order valence-corrected chi connectivity index (χ0v) is 11.5. The van der Waals surface area contributed by atoms with Crippen molar-refractivity contribution < 1.29 is 9.47 Å². The zero-order chi connectivity index (χ0) is 12.6. The Morgan fingerprint density at radius 3 is 2.24 bits per heavy atom. The second-order valence-electron chi connectivity index (χ2n) is 5.17. The van der Waals surface area contributed by atoms with Crippen LogP contribution in [0, 0.1) is 6.92 Å². The summed E-state index contributed by atoms with van der Waals surface area (Å²) in [5.41, 5.74) is 3.87. The molecule has 0 amide bonds. The summed E-state index contributed by atoms with van der Waals surface area (Å²) >= 11 is 0. The molecule has 0 bridgehead atoms. The number of hydrogen-bond acceptors (Lipinski definition) is 2. The van der Waals surface area contributed by atoms with E-state index in [1.54, 1.807) is 14.2 Å². The van der Waals surface area contributed by atoms with Gasteiger partial charge >= 0.3 is 0 Å². The zero-order valence-electron chi connectivity index (χ0n) is 11.5. The van der Waals surface area contributed by atoms with Gasteiger partial charge in [-0.1, -0.05) is 13.8 Å². The Balaban J connectivity index is 2.61. The highest BCUT2D eigenvalue weighted by atomic mass is 16.5.